The maximum Gasteiger partial charge on any atom is 0.164 e. The summed E-state index contributed by atoms with van der Waals surface area (Å²) in [5, 5.41) is 2.15. The Bertz CT molecular complexity index is 2830. The van der Waals surface area contributed by atoms with E-state index in [4.69, 9.17) is 19.4 Å². The minimum absolute atomic E-state index is 0.607. The van der Waals surface area contributed by atoms with Crippen molar-refractivity contribution in [1.82, 2.24) is 15.0 Å². The highest BCUT2D eigenvalue weighted by Gasteiger charge is 2.20. The standard InChI is InChI=1S/C45H34B5N3O/c46-38-37(39(47)41(49)42(50)40(38)48)45-52-43(30-20-16-28(17-21-30)26-10-5-2-6-11-26)51-44(53-45)31-22-23-33-35(24-31)54-34-13-7-12-32(36(33)34)29-18-14-27(15-19-29)25-8-3-1-4-9-25/h1-24H,46-50H2. The van der Waals surface area contributed by atoms with Crippen LogP contribution in [-0.4, -0.2) is 54.2 Å². The van der Waals surface area contributed by atoms with Crippen molar-refractivity contribution in [3.8, 4) is 67.5 Å². The molecular formula is C45H34B5N3O. The van der Waals surface area contributed by atoms with E-state index in [0.717, 1.165) is 55.3 Å². The van der Waals surface area contributed by atoms with Crippen molar-refractivity contribution in [3.63, 3.8) is 0 Å². The molecule has 54 heavy (non-hydrogen) atoms. The SMILES string of the molecule is Bc1c(B)c(B)c(-c2nc(-c3ccc(-c4ccccc4)cc3)nc(-c3ccc4c(c3)oc3cccc(-c5ccc(-c6ccccc6)cc5)c34)n2)c(B)c1B. The molecule has 2 aromatic heterocycles. The first kappa shape index (κ1) is 33.5. The fourth-order valence-corrected chi connectivity index (χ4v) is 7.70. The second-order valence-corrected chi connectivity index (χ2v) is 14.2. The van der Waals surface area contributed by atoms with Gasteiger partial charge in [0, 0.05) is 27.5 Å². The third-order valence-corrected chi connectivity index (χ3v) is 11.2. The largest absolute Gasteiger partial charge is 0.456 e. The maximum absolute atomic E-state index is 6.57. The first-order chi connectivity index (χ1) is 26.3. The van der Waals surface area contributed by atoms with Crippen LogP contribution in [0.5, 0.6) is 0 Å². The zero-order valence-corrected chi connectivity index (χ0v) is 31.1. The molecule has 0 bridgehead atoms. The van der Waals surface area contributed by atoms with Crippen LogP contribution in [0.1, 0.15) is 0 Å². The van der Waals surface area contributed by atoms with Crippen LogP contribution in [0, 0.1) is 0 Å². The summed E-state index contributed by atoms with van der Waals surface area (Å²) in [6.07, 6.45) is 0. The van der Waals surface area contributed by atoms with Gasteiger partial charge in [0.25, 0.3) is 0 Å². The summed E-state index contributed by atoms with van der Waals surface area (Å²) in [7, 11) is 10.9. The lowest BCUT2D eigenvalue weighted by molar-refractivity contribution is 0.669. The second-order valence-electron chi connectivity index (χ2n) is 14.2. The van der Waals surface area contributed by atoms with E-state index < -0.39 is 0 Å². The molecule has 0 saturated carbocycles. The number of hydrogen-bond acceptors (Lipinski definition) is 4. The quantitative estimate of drug-likeness (QED) is 0.253. The summed E-state index contributed by atoms with van der Waals surface area (Å²) in [5.74, 6) is 1.92. The molecule has 0 aliphatic carbocycles. The van der Waals surface area contributed by atoms with E-state index in [-0.39, 0.29) is 0 Å². The van der Waals surface area contributed by atoms with Crippen LogP contribution in [0.4, 0.5) is 0 Å². The Morgan fingerprint density at radius 1 is 0.352 bits per heavy atom. The summed E-state index contributed by atoms with van der Waals surface area (Å²) >= 11 is 0. The number of furan rings is 1. The maximum atomic E-state index is 6.57. The van der Waals surface area contributed by atoms with Crippen LogP contribution in [0.3, 0.4) is 0 Å². The zero-order valence-electron chi connectivity index (χ0n) is 31.1. The van der Waals surface area contributed by atoms with E-state index in [1.54, 1.807) is 0 Å². The lowest BCUT2D eigenvalue weighted by atomic mass is 9.60. The molecule has 0 atom stereocenters. The molecule has 0 aliphatic heterocycles. The van der Waals surface area contributed by atoms with Gasteiger partial charge in [-0.25, -0.2) is 15.0 Å². The summed E-state index contributed by atoms with van der Waals surface area (Å²) < 4.78 is 6.57. The van der Waals surface area contributed by atoms with Gasteiger partial charge in [-0.3, -0.25) is 0 Å². The molecule has 2 heterocycles. The van der Waals surface area contributed by atoms with Gasteiger partial charge in [-0.15, -0.1) is 16.4 Å². The number of rotatable bonds is 6. The molecule has 7 aromatic carbocycles. The van der Waals surface area contributed by atoms with Crippen molar-refractivity contribution in [2.45, 2.75) is 0 Å². The van der Waals surface area contributed by atoms with E-state index in [1.165, 1.54) is 44.0 Å². The zero-order chi connectivity index (χ0) is 36.9. The summed E-state index contributed by atoms with van der Waals surface area (Å²) in [4.78, 5) is 15.5. The molecule has 0 amide bonds. The molecule has 0 aliphatic rings. The summed E-state index contributed by atoms with van der Waals surface area (Å²) in [6, 6.07) is 50.8. The fraction of sp³-hybridized carbons (Fsp3) is 0. The molecular weight excluding hydrogens is 653 g/mol. The molecule has 0 fully saturated rings. The number of benzene rings is 7. The monoisotopic (exact) mass is 687 g/mol. The Labute approximate surface area is 319 Å². The first-order valence-corrected chi connectivity index (χ1v) is 18.4. The third-order valence-electron chi connectivity index (χ3n) is 11.2. The van der Waals surface area contributed by atoms with Crippen LogP contribution in [0.25, 0.3) is 89.5 Å². The van der Waals surface area contributed by atoms with E-state index in [9.17, 15) is 0 Å². The number of aromatic nitrogens is 3. The van der Waals surface area contributed by atoms with Gasteiger partial charge >= 0.3 is 0 Å². The Kier molecular flexibility index (Phi) is 8.43. The van der Waals surface area contributed by atoms with E-state index >= 15 is 0 Å². The van der Waals surface area contributed by atoms with E-state index in [2.05, 4.69) is 167 Å². The Morgan fingerprint density at radius 3 is 1.41 bits per heavy atom. The second kappa shape index (κ2) is 13.6. The van der Waals surface area contributed by atoms with Crippen LogP contribution < -0.4 is 27.3 Å². The smallest absolute Gasteiger partial charge is 0.164 e. The summed E-state index contributed by atoms with van der Waals surface area (Å²) in [6.45, 7) is 0. The van der Waals surface area contributed by atoms with Gasteiger partial charge in [0.2, 0.25) is 0 Å². The predicted molar refractivity (Wildman–Crippen MR) is 241 cm³/mol. The van der Waals surface area contributed by atoms with Crippen molar-refractivity contribution >= 4 is 88.5 Å². The van der Waals surface area contributed by atoms with Gasteiger partial charge in [-0.1, -0.05) is 138 Å². The molecule has 0 radical (unpaired) electrons. The molecule has 0 N–H and O–H groups in total. The molecule has 0 saturated heterocycles. The Hall–Kier alpha value is -6.33. The third kappa shape index (κ3) is 5.86. The van der Waals surface area contributed by atoms with Gasteiger partial charge in [-0.2, -0.15) is 0 Å². The van der Waals surface area contributed by atoms with Gasteiger partial charge < -0.3 is 4.42 Å². The highest BCUT2D eigenvalue weighted by molar-refractivity contribution is 6.68. The number of hydrogen-bond donors (Lipinski definition) is 0. The van der Waals surface area contributed by atoms with Crippen molar-refractivity contribution in [2.75, 3.05) is 0 Å². The molecule has 250 valence electrons. The average Bonchev–Trinajstić information content (AvgIpc) is 3.61. The average molecular weight is 687 g/mol. The minimum Gasteiger partial charge on any atom is -0.456 e. The van der Waals surface area contributed by atoms with Crippen molar-refractivity contribution in [1.29, 1.82) is 0 Å². The lowest BCUT2D eigenvalue weighted by Crippen LogP contribution is -2.55. The first-order valence-electron chi connectivity index (χ1n) is 18.4. The van der Waals surface area contributed by atoms with Crippen LogP contribution in [0.2, 0.25) is 0 Å². The Balaban J connectivity index is 1.17. The molecule has 4 nitrogen and oxygen atoms in total. The van der Waals surface area contributed by atoms with Gasteiger partial charge in [0.15, 0.2) is 17.5 Å². The van der Waals surface area contributed by atoms with Crippen LogP contribution in [-0.2, 0) is 0 Å². The van der Waals surface area contributed by atoms with Gasteiger partial charge in [0.1, 0.15) is 50.4 Å². The molecule has 9 aromatic rings. The van der Waals surface area contributed by atoms with Gasteiger partial charge in [0.05, 0.1) is 0 Å². The molecule has 9 heteroatoms. The minimum atomic E-state index is 0.607. The summed E-state index contributed by atoms with van der Waals surface area (Å²) in [5.41, 5.74) is 17.7. The van der Waals surface area contributed by atoms with Crippen LogP contribution in [0.15, 0.2) is 150 Å². The van der Waals surface area contributed by atoms with Crippen molar-refractivity contribution < 1.29 is 4.42 Å². The fourth-order valence-electron chi connectivity index (χ4n) is 7.70. The molecule has 0 unspecified atom stereocenters. The number of nitrogens with zero attached hydrogens (tertiary/aromatic N) is 3. The topological polar surface area (TPSA) is 51.8 Å². The van der Waals surface area contributed by atoms with E-state index in [0.29, 0.717) is 17.5 Å². The highest BCUT2D eigenvalue weighted by Crippen LogP contribution is 2.39. The lowest BCUT2D eigenvalue weighted by Gasteiger charge is -2.20. The molecule has 0 spiro atoms. The number of fused-ring (bicyclic) bond motifs is 3. The Morgan fingerprint density at radius 2 is 0.815 bits per heavy atom. The van der Waals surface area contributed by atoms with Gasteiger partial charge in [-0.05, 0) is 51.6 Å². The molecule has 9 rings (SSSR count). The van der Waals surface area contributed by atoms with Crippen molar-refractivity contribution in [3.05, 3.63) is 146 Å². The van der Waals surface area contributed by atoms with Crippen molar-refractivity contribution in [2.24, 2.45) is 0 Å². The normalized spacial score (nSPS) is 11.3. The highest BCUT2D eigenvalue weighted by atomic mass is 16.3. The van der Waals surface area contributed by atoms with Crippen LogP contribution >= 0.6 is 0 Å². The predicted octanol–water partition coefficient (Wildman–Crippen LogP) is 3.07. The van der Waals surface area contributed by atoms with E-state index in [1.807, 2.05) is 18.2 Å².